The van der Waals surface area contributed by atoms with Gasteiger partial charge in [-0.15, -0.1) is 6.42 Å². The van der Waals surface area contributed by atoms with Gasteiger partial charge in [0.2, 0.25) is 0 Å². The van der Waals surface area contributed by atoms with Gasteiger partial charge in [0.25, 0.3) is 0 Å². The maximum absolute atomic E-state index is 12.0. The predicted octanol–water partition coefficient (Wildman–Crippen LogP) is 0.989. The van der Waals surface area contributed by atoms with Crippen molar-refractivity contribution in [3.05, 3.63) is 0 Å². The second-order valence-electron chi connectivity index (χ2n) is 5.02. The van der Waals surface area contributed by atoms with E-state index in [-0.39, 0.29) is 18.2 Å². The molecule has 0 spiro atoms. The monoisotopic (exact) mass is 266 g/mol. The third-order valence-electron chi connectivity index (χ3n) is 3.64. The van der Waals surface area contributed by atoms with Crippen LogP contribution in [0.5, 0.6) is 0 Å². The van der Waals surface area contributed by atoms with Crippen LogP contribution in [0.25, 0.3) is 0 Å². The van der Waals surface area contributed by atoms with E-state index in [2.05, 4.69) is 11.2 Å². The zero-order valence-corrected chi connectivity index (χ0v) is 11.3. The maximum atomic E-state index is 12.0. The number of nitrogens with one attached hydrogen (secondary N) is 1. The summed E-state index contributed by atoms with van der Waals surface area (Å²) in [5.74, 6) is 2.47. The molecule has 2 heterocycles. The highest BCUT2D eigenvalue weighted by molar-refractivity contribution is 5.74. The molecule has 2 aliphatic heterocycles. The molecule has 0 radical (unpaired) electrons. The number of urea groups is 1. The largest absolute Gasteiger partial charge is 0.376 e. The van der Waals surface area contributed by atoms with Gasteiger partial charge in [0, 0.05) is 26.2 Å². The topological polar surface area (TPSA) is 50.8 Å². The molecule has 2 amide bonds. The summed E-state index contributed by atoms with van der Waals surface area (Å²) in [5.41, 5.74) is 0. The number of hydrogen-bond donors (Lipinski definition) is 1. The minimum absolute atomic E-state index is 0.00546. The van der Waals surface area contributed by atoms with Crippen molar-refractivity contribution in [3.63, 3.8) is 0 Å². The Labute approximate surface area is 114 Å². The van der Waals surface area contributed by atoms with E-state index >= 15 is 0 Å². The van der Waals surface area contributed by atoms with E-state index in [1.165, 1.54) is 0 Å². The number of hydrogen-bond acceptors (Lipinski definition) is 3. The molecule has 0 aliphatic carbocycles. The number of rotatable bonds is 4. The first-order valence-electron chi connectivity index (χ1n) is 6.99. The van der Waals surface area contributed by atoms with Crippen LogP contribution in [-0.2, 0) is 9.47 Å². The molecule has 2 saturated heterocycles. The standard InChI is InChI=1S/C14H22N2O3/c1-2-9-18-12-5-7-16(8-6-12)14(17)15-11-13-4-3-10-19-13/h1,12-13H,3-11H2,(H,15,17). The molecule has 2 rings (SSSR count). The summed E-state index contributed by atoms with van der Waals surface area (Å²) in [6.45, 7) is 3.25. The van der Waals surface area contributed by atoms with Gasteiger partial charge in [0.05, 0.1) is 12.2 Å². The van der Waals surface area contributed by atoms with Gasteiger partial charge in [-0.3, -0.25) is 0 Å². The van der Waals surface area contributed by atoms with Crippen molar-refractivity contribution in [3.8, 4) is 12.3 Å². The molecule has 1 unspecified atom stereocenters. The molecule has 1 N–H and O–H groups in total. The number of likely N-dealkylation sites (tertiary alicyclic amines) is 1. The Balaban J connectivity index is 1.63. The number of piperidine rings is 1. The van der Waals surface area contributed by atoms with Gasteiger partial charge in [-0.2, -0.15) is 0 Å². The highest BCUT2D eigenvalue weighted by atomic mass is 16.5. The van der Waals surface area contributed by atoms with E-state index < -0.39 is 0 Å². The first kappa shape index (κ1) is 14.2. The summed E-state index contributed by atoms with van der Waals surface area (Å²) in [6.07, 6.45) is 9.40. The van der Waals surface area contributed by atoms with Crippen molar-refractivity contribution < 1.29 is 14.3 Å². The lowest BCUT2D eigenvalue weighted by molar-refractivity contribution is 0.0323. The molecule has 2 aliphatic rings. The van der Waals surface area contributed by atoms with Gasteiger partial charge in [-0.25, -0.2) is 4.79 Å². The van der Waals surface area contributed by atoms with Gasteiger partial charge in [-0.1, -0.05) is 5.92 Å². The Morgan fingerprint density at radius 1 is 1.42 bits per heavy atom. The minimum atomic E-state index is 0.00546. The van der Waals surface area contributed by atoms with Crippen LogP contribution in [0.3, 0.4) is 0 Å². The third kappa shape index (κ3) is 4.41. The summed E-state index contributed by atoms with van der Waals surface area (Å²) in [4.78, 5) is 13.8. The van der Waals surface area contributed by atoms with Crippen LogP contribution >= 0.6 is 0 Å². The first-order chi connectivity index (χ1) is 9.29. The van der Waals surface area contributed by atoms with E-state index in [9.17, 15) is 4.79 Å². The Bertz CT molecular complexity index is 326. The number of carbonyl (C=O) groups is 1. The molecule has 106 valence electrons. The molecule has 1 atom stereocenters. The van der Waals surface area contributed by atoms with Crippen LogP contribution in [0.15, 0.2) is 0 Å². The Kier molecular flexibility index (Phi) is 5.49. The lowest BCUT2D eigenvalue weighted by Crippen LogP contribution is -2.47. The number of carbonyl (C=O) groups excluding carboxylic acids is 1. The van der Waals surface area contributed by atoms with Gasteiger partial charge in [-0.05, 0) is 25.7 Å². The van der Waals surface area contributed by atoms with Gasteiger partial charge >= 0.3 is 6.03 Å². The average molecular weight is 266 g/mol. The second-order valence-corrected chi connectivity index (χ2v) is 5.02. The van der Waals surface area contributed by atoms with Gasteiger partial charge in [0.15, 0.2) is 0 Å². The van der Waals surface area contributed by atoms with Crippen molar-refractivity contribution in [2.24, 2.45) is 0 Å². The fourth-order valence-corrected chi connectivity index (χ4v) is 2.51. The number of amides is 2. The third-order valence-corrected chi connectivity index (χ3v) is 3.64. The molecule has 0 aromatic rings. The lowest BCUT2D eigenvalue weighted by Gasteiger charge is -2.31. The molecule has 0 bridgehead atoms. The molecule has 0 saturated carbocycles. The van der Waals surface area contributed by atoms with E-state index in [1.807, 2.05) is 4.90 Å². The second kappa shape index (κ2) is 7.37. The van der Waals surface area contributed by atoms with E-state index in [0.717, 1.165) is 45.4 Å². The summed E-state index contributed by atoms with van der Waals surface area (Å²) in [5, 5.41) is 2.94. The van der Waals surface area contributed by atoms with Crippen molar-refractivity contribution in [2.75, 3.05) is 32.8 Å². The predicted molar refractivity (Wildman–Crippen MR) is 71.8 cm³/mol. The van der Waals surface area contributed by atoms with Gasteiger partial charge < -0.3 is 19.7 Å². The zero-order valence-electron chi connectivity index (χ0n) is 11.3. The molecular weight excluding hydrogens is 244 g/mol. The first-order valence-corrected chi connectivity index (χ1v) is 6.99. The van der Waals surface area contributed by atoms with E-state index in [4.69, 9.17) is 15.9 Å². The molecule has 0 aromatic carbocycles. The summed E-state index contributed by atoms with van der Waals surface area (Å²) >= 11 is 0. The zero-order chi connectivity index (χ0) is 13.5. The molecule has 5 heteroatoms. The molecule has 2 fully saturated rings. The number of terminal acetylenes is 1. The smallest absolute Gasteiger partial charge is 0.317 e. The minimum Gasteiger partial charge on any atom is -0.376 e. The van der Waals surface area contributed by atoms with Crippen LogP contribution in [0.1, 0.15) is 25.7 Å². The molecular formula is C14H22N2O3. The summed E-state index contributed by atoms with van der Waals surface area (Å²) in [7, 11) is 0. The van der Waals surface area contributed by atoms with Crippen LogP contribution in [0, 0.1) is 12.3 Å². The Morgan fingerprint density at radius 3 is 2.84 bits per heavy atom. The maximum Gasteiger partial charge on any atom is 0.317 e. The molecule has 0 aromatic heterocycles. The fourth-order valence-electron chi connectivity index (χ4n) is 2.51. The van der Waals surface area contributed by atoms with Crippen molar-refractivity contribution in [2.45, 2.75) is 37.9 Å². The van der Waals surface area contributed by atoms with Crippen molar-refractivity contribution in [1.29, 1.82) is 0 Å². The molecule has 5 nitrogen and oxygen atoms in total. The Morgan fingerprint density at radius 2 is 2.21 bits per heavy atom. The van der Waals surface area contributed by atoms with Crippen LogP contribution < -0.4 is 5.32 Å². The van der Waals surface area contributed by atoms with Crippen molar-refractivity contribution in [1.82, 2.24) is 10.2 Å². The normalized spacial score (nSPS) is 24.2. The van der Waals surface area contributed by atoms with E-state index in [1.54, 1.807) is 0 Å². The Hall–Kier alpha value is -1.25. The van der Waals surface area contributed by atoms with Crippen LogP contribution in [-0.4, -0.2) is 56.0 Å². The number of ether oxygens (including phenoxy) is 2. The summed E-state index contributed by atoms with van der Waals surface area (Å²) < 4.78 is 11.0. The highest BCUT2D eigenvalue weighted by Crippen LogP contribution is 2.14. The van der Waals surface area contributed by atoms with Crippen LogP contribution in [0.2, 0.25) is 0 Å². The van der Waals surface area contributed by atoms with Crippen molar-refractivity contribution >= 4 is 6.03 Å². The van der Waals surface area contributed by atoms with E-state index in [0.29, 0.717) is 13.2 Å². The quantitative estimate of drug-likeness (QED) is 0.772. The fraction of sp³-hybridized carbons (Fsp3) is 0.786. The number of nitrogens with zero attached hydrogens (tertiary/aromatic N) is 1. The molecule has 19 heavy (non-hydrogen) atoms. The van der Waals surface area contributed by atoms with Crippen LogP contribution in [0.4, 0.5) is 4.79 Å². The average Bonchev–Trinajstić information content (AvgIpc) is 2.96. The van der Waals surface area contributed by atoms with Gasteiger partial charge in [0.1, 0.15) is 6.61 Å². The summed E-state index contributed by atoms with van der Waals surface area (Å²) in [6, 6.07) is 0.00546. The highest BCUT2D eigenvalue weighted by Gasteiger charge is 2.24. The SMILES string of the molecule is C#CCOC1CCN(C(=O)NCC2CCCO2)CC1. The lowest BCUT2D eigenvalue weighted by atomic mass is 10.1.